The van der Waals surface area contributed by atoms with Gasteiger partial charge < -0.3 is 19.2 Å². The SMILES string of the molecule is COC(=O)c1scc2[nH]c(=O)n(-c3cc(OC(C)c4ccccc4OC)ccc3F)c(=O)c12. The molecule has 2 heterocycles. The van der Waals surface area contributed by atoms with Crippen molar-refractivity contribution in [1.82, 2.24) is 9.55 Å². The number of para-hydroxylation sites is 1. The Hall–Kier alpha value is -3.92. The van der Waals surface area contributed by atoms with Gasteiger partial charge in [0.1, 0.15) is 28.3 Å². The lowest BCUT2D eigenvalue weighted by atomic mass is 10.1. The Balaban J connectivity index is 1.81. The highest BCUT2D eigenvalue weighted by Crippen LogP contribution is 2.30. The number of nitrogens with one attached hydrogen (secondary N) is 1. The number of rotatable bonds is 6. The number of esters is 1. The summed E-state index contributed by atoms with van der Waals surface area (Å²) >= 11 is 0.951. The molecule has 0 aliphatic carbocycles. The van der Waals surface area contributed by atoms with Gasteiger partial charge in [-0.1, -0.05) is 18.2 Å². The first-order valence-corrected chi connectivity index (χ1v) is 10.7. The van der Waals surface area contributed by atoms with Crippen LogP contribution in [-0.4, -0.2) is 29.7 Å². The third-order valence-corrected chi connectivity index (χ3v) is 6.03. The fourth-order valence-electron chi connectivity index (χ4n) is 3.51. The van der Waals surface area contributed by atoms with E-state index in [0.29, 0.717) is 10.3 Å². The Morgan fingerprint density at radius 1 is 1.15 bits per heavy atom. The molecule has 1 unspecified atom stereocenters. The molecule has 0 aliphatic rings. The molecule has 0 saturated carbocycles. The highest BCUT2D eigenvalue weighted by molar-refractivity contribution is 7.13. The van der Waals surface area contributed by atoms with Crippen molar-refractivity contribution in [3.8, 4) is 17.2 Å². The second-order valence-electron chi connectivity index (χ2n) is 7.03. The first-order valence-electron chi connectivity index (χ1n) is 9.80. The molecule has 0 radical (unpaired) electrons. The topological polar surface area (TPSA) is 99.6 Å². The molecule has 1 atom stereocenters. The van der Waals surface area contributed by atoms with Crippen molar-refractivity contribution in [3.05, 3.63) is 84.9 Å². The third kappa shape index (κ3) is 4.00. The van der Waals surface area contributed by atoms with Crippen LogP contribution in [0.5, 0.6) is 11.5 Å². The first kappa shape index (κ1) is 22.3. The number of thiophene rings is 1. The standard InChI is InChI=1S/C23H19FN2O6S/c1-12(14-6-4-5-7-18(14)30-2)32-13-8-9-15(24)17(10-13)26-21(27)19-16(25-23(26)29)11-33-20(19)22(28)31-3/h4-12H,1-3H3,(H,25,29). The van der Waals surface area contributed by atoms with Gasteiger partial charge in [0.05, 0.1) is 30.8 Å². The van der Waals surface area contributed by atoms with Gasteiger partial charge in [0.2, 0.25) is 0 Å². The summed E-state index contributed by atoms with van der Waals surface area (Å²) in [6.45, 7) is 1.79. The molecule has 33 heavy (non-hydrogen) atoms. The summed E-state index contributed by atoms with van der Waals surface area (Å²) in [7, 11) is 2.73. The van der Waals surface area contributed by atoms with Crippen molar-refractivity contribution in [2.45, 2.75) is 13.0 Å². The number of aromatic amines is 1. The molecule has 0 saturated heterocycles. The van der Waals surface area contributed by atoms with Crippen LogP contribution in [0.1, 0.15) is 28.3 Å². The van der Waals surface area contributed by atoms with E-state index in [1.807, 2.05) is 18.2 Å². The second kappa shape index (κ2) is 8.91. The van der Waals surface area contributed by atoms with Crippen LogP contribution in [0.25, 0.3) is 16.6 Å². The Kier molecular flexibility index (Phi) is 6.01. The Labute approximate surface area is 190 Å². The van der Waals surface area contributed by atoms with Gasteiger partial charge in [-0.25, -0.2) is 18.5 Å². The van der Waals surface area contributed by atoms with Gasteiger partial charge in [-0.2, -0.15) is 0 Å². The summed E-state index contributed by atoms with van der Waals surface area (Å²) in [6, 6.07) is 11.0. The maximum Gasteiger partial charge on any atom is 0.348 e. The highest BCUT2D eigenvalue weighted by atomic mass is 32.1. The van der Waals surface area contributed by atoms with Crippen molar-refractivity contribution in [2.24, 2.45) is 0 Å². The fourth-order valence-corrected chi connectivity index (χ4v) is 4.41. The average molecular weight is 470 g/mol. The number of H-pyrrole nitrogens is 1. The molecule has 0 bridgehead atoms. The summed E-state index contributed by atoms with van der Waals surface area (Å²) in [5.41, 5.74) is -1.07. The quantitative estimate of drug-likeness (QED) is 0.430. The number of hydrogen-bond donors (Lipinski definition) is 1. The number of carbonyl (C=O) groups excluding carboxylic acids is 1. The second-order valence-corrected chi connectivity index (χ2v) is 7.91. The molecule has 0 amide bonds. The van der Waals surface area contributed by atoms with E-state index in [1.54, 1.807) is 20.1 Å². The predicted octanol–water partition coefficient (Wildman–Crippen LogP) is 3.81. The molecule has 2 aromatic heterocycles. The van der Waals surface area contributed by atoms with Crippen LogP contribution in [0, 0.1) is 5.82 Å². The summed E-state index contributed by atoms with van der Waals surface area (Å²) < 4.78 is 31.4. The molecule has 4 rings (SSSR count). The number of nitrogens with zero attached hydrogens (tertiary/aromatic N) is 1. The van der Waals surface area contributed by atoms with E-state index < -0.39 is 29.1 Å². The van der Waals surface area contributed by atoms with Crippen LogP contribution in [0.4, 0.5) is 4.39 Å². The lowest BCUT2D eigenvalue weighted by Gasteiger charge is -2.18. The van der Waals surface area contributed by atoms with Gasteiger partial charge in [-0.05, 0) is 25.1 Å². The van der Waals surface area contributed by atoms with Gasteiger partial charge in [-0.15, -0.1) is 11.3 Å². The zero-order valence-corrected chi connectivity index (χ0v) is 18.7. The minimum atomic E-state index is -0.851. The number of fused-ring (bicyclic) bond motifs is 1. The third-order valence-electron chi connectivity index (χ3n) is 5.07. The van der Waals surface area contributed by atoms with E-state index in [9.17, 15) is 18.8 Å². The molecular formula is C23H19FN2O6S. The van der Waals surface area contributed by atoms with Gasteiger partial charge in [0.15, 0.2) is 0 Å². The summed E-state index contributed by atoms with van der Waals surface area (Å²) in [6.07, 6.45) is -0.472. The monoisotopic (exact) mass is 470 g/mol. The number of benzene rings is 2. The molecule has 1 N–H and O–H groups in total. The summed E-state index contributed by atoms with van der Waals surface area (Å²) in [4.78, 5) is 40.4. The Morgan fingerprint density at radius 2 is 1.91 bits per heavy atom. The van der Waals surface area contributed by atoms with Gasteiger partial charge in [0.25, 0.3) is 5.56 Å². The van der Waals surface area contributed by atoms with Crippen LogP contribution >= 0.6 is 11.3 Å². The van der Waals surface area contributed by atoms with Crippen LogP contribution in [0.2, 0.25) is 0 Å². The van der Waals surface area contributed by atoms with Crippen LogP contribution < -0.4 is 20.7 Å². The maximum absolute atomic E-state index is 14.8. The van der Waals surface area contributed by atoms with E-state index in [2.05, 4.69) is 4.98 Å². The van der Waals surface area contributed by atoms with E-state index >= 15 is 0 Å². The lowest BCUT2D eigenvalue weighted by Crippen LogP contribution is -2.34. The Bertz CT molecular complexity index is 1470. The zero-order valence-electron chi connectivity index (χ0n) is 17.9. The smallest absolute Gasteiger partial charge is 0.348 e. The molecule has 0 fully saturated rings. The van der Waals surface area contributed by atoms with Crippen molar-refractivity contribution < 1.29 is 23.4 Å². The Morgan fingerprint density at radius 3 is 2.64 bits per heavy atom. The maximum atomic E-state index is 14.8. The van der Waals surface area contributed by atoms with E-state index in [0.717, 1.165) is 23.0 Å². The number of methoxy groups -OCH3 is 2. The molecule has 4 aromatic rings. The minimum absolute atomic E-state index is 0.0140. The molecular weight excluding hydrogens is 451 g/mol. The summed E-state index contributed by atoms with van der Waals surface area (Å²) in [5, 5.41) is 1.40. The first-order chi connectivity index (χ1) is 15.8. The average Bonchev–Trinajstić information content (AvgIpc) is 3.24. The molecule has 2 aromatic carbocycles. The van der Waals surface area contributed by atoms with Crippen molar-refractivity contribution in [2.75, 3.05) is 14.2 Å². The van der Waals surface area contributed by atoms with Crippen LogP contribution in [0.3, 0.4) is 0 Å². The largest absolute Gasteiger partial charge is 0.496 e. The van der Waals surface area contributed by atoms with Crippen molar-refractivity contribution in [3.63, 3.8) is 0 Å². The van der Waals surface area contributed by atoms with Crippen LogP contribution in [-0.2, 0) is 4.74 Å². The van der Waals surface area contributed by atoms with Crippen molar-refractivity contribution in [1.29, 1.82) is 0 Å². The van der Waals surface area contributed by atoms with Crippen LogP contribution in [0.15, 0.2) is 57.4 Å². The molecule has 170 valence electrons. The predicted molar refractivity (Wildman–Crippen MR) is 121 cm³/mol. The number of carbonyl (C=O) groups is 1. The molecule has 8 nitrogen and oxygen atoms in total. The molecule has 0 spiro atoms. The number of halogens is 1. The fraction of sp³-hybridized carbons (Fsp3) is 0.174. The highest BCUT2D eigenvalue weighted by Gasteiger charge is 2.22. The number of aromatic nitrogens is 2. The molecule has 0 aliphatic heterocycles. The van der Waals surface area contributed by atoms with Gasteiger partial charge >= 0.3 is 11.7 Å². The van der Waals surface area contributed by atoms with Gasteiger partial charge in [-0.3, -0.25) is 4.79 Å². The number of hydrogen-bond acceptors (Lipinski definition) is 7. The van der Waals surface area contributed by atoms with E-state index in [1.165, 1.54) is 24.6 Å². The minimum Gasteiger partial charge on any atom is -0.496 e. The number of ether oxygens (including phenoxy) is 3. The lowest BCUT2D eigenvalue weighted by molar-refractivity contribution is 0.0608. The zero-order chi connectivity index (χ0) is 23.7. The van der Waals surface area contributed by atoms with Gasteiger partial charge in [0, 0.05) is 17.0 Å². The normalized spacial score (nSPS) is 11.9. The molecule has 10 heteroatoms. The van der Waals surface area contributed by atoms with Crippen molar-refractivity contribution >= 4 is 28.2 Å². The van der Waals surface area contributed by atoms with E-state index in [-0.39, 0.29) is 27.2 Å². The van der Waals surface area contributed by atoms with E-state index in [4.69, 9.17) is 14.2 Å². The summed E-state index contributed by atoms with van der Waals surface area (Å²) in [5.74, 6) is -0.684.